The van der Waals surface area contributed by atoms with Gasteiger partial charge < -0.3 is 10.5 Å². The summed E-state index contributed by atoms with van der Waals surface area (Å²) in [6, 6.07) is 6.18. The molecule has 4 rings (SSSR count). The minimum Gasteiger partial charge on any atom is -0.491 e. The molecule has 0 aliphatic carbocycles. The van der Waals surface area contributed by atoms with Crippen molar-refractivity contribution >= 4 is 17.9 Å². The van der Waals surface area contributed by atoms with E-state index in [9.17, 15) is 5.26 Å². The van der Waals surface area contributed by atoms with Gasteiger partial charge in [0.15, 0.2) is 0 Å². The summed E-state index contributed by atoms with van der Waals surface area (Å²) in [4.78, 5) is 17.8. The first-order valence-corrected chi connectivity index (χ1v) is 8.67. The third-order valence-electron chi connectivity index (χ3n) is 4.57. The Labute approximate surface area is 157 Å². The van der Waals surface area contributed by atoms with Crippen LogP contribution in [0.15, 0.2) is 41.6 Å². The van der Waals surface area contributed by atoms with Crippen LogP contribution in [0.5, 0.6) is 0 Å². The van der Waals surface area contributed by atoms with E-state index in [0.29, 0.717) is 35.7 Å². The summed E-state index contributed by atoms with van der Waals surface area (Å²) in [6.07, 6.45) is 10.4. The number of aliphatic imine (C=N–C) groups is 1. The molecule has 0 radical (unpaired) electrons. The summed E-state index contributed by atoms with van der Waals surface area (Å²) in [7, 11) is 0. The van der Waals surface area contributed by atoms with E-state index < -0.39 is 5.54 Å². The van der Waals surface area contributed by atoms with E-state index in [2.05, 4.69) is 26.0 Å². The zero-order valence-corrected chi connectivity index (χ0v) is 14.9. The van der Waals surface area contributed by atoms with Crippen LogP contribution in [0.3, 0.4) is 0 Å². The Kier molecular flexibility index (Phi) is 4.16. The summed E-state index contributed by atoms with van der Waals surface area (Å²) < 4.78 is 5.62. The first-order chi connectivity index (χ1) is 13.1. The normalized spacial score (nSPS) is 20.4. The Morgan fingerprint density at radius 3 is 2.93 bits per heavy atom. The third kappa shape index (κ3) is 3.06. The highest BCUT2D eigenvalue weighted by Gasteiger charge is 2.37. The summed E-state index contributed by atoms with van der Waals surface area (Å²) in [6.45, 7) is 2.58. The van der Waals surface area contributed by atoms with Gasteiger partial charge in [-0.25, -0.2) is 9.97 Å². The maximum absolute atomic E-state index is 9.89. The number of rotatable bonds is 4. The number of anilines is 1. The molecule has 2 aromatic rings. The molecule has 0 saturated heterocycles. The standard InChI is InChI=1S/C20H18N6O/c1-13-5-8-23-14(10-13)11-20(6-3-7-24-20)18-15(12-21)17(25-19(22)26-18)16-4-2-9-27-16/h3-8,10H,2,9,11H2,1H3,(H2,22,25,26). The van der Waals surface area contributed by atoms with Gasteiger partial charge in [-0.2, -0.15) is 5.26 Å². The first kappa shape index (κ1) is 16.9. The minimum atomic E-state index is -0.850. The Morgan fingerprint density at radius 1 is 1.37 bits per heavy atom. The van der Waals surface area contributed by atoms with Gasteiger partial charge in [0.25, 0.3) is 0 Å². The number of aromatic nitrogens is 3. The number of aryl methyl sites for hydroxylation is 1. The van der Waals surface area contributed by atoms with E-state index in [-0.39, 0.29) is 5.95 Å². The van der Waals surface area contributed by atoms with Gasteiger partial charge in [-0.3, -0.25) is 9.98 Å². The van der Waals surface area contributed by atoms with Crippen LogP contribution < -0.4 is 5.73 Å². The van der Waals surface area contributed by atoms with Crippen molar-refractivity contribution in [3.8, 4) is 6.07 Å². The number of nitrogens with zero attached hydrogens (tertiary/aromatic N) is 5. The van der Waals surface area contributed by atoms with Gasteiger partial charge in [-0.1, -0.05) is 0 Å². The monoisotopic (exact) mass is 358 g/mol. The van der Waals surface area contributed by atoms with E-state index in [1.165, 1.54) is 0 Å². The molecule has 4 heterocycles. The molecular weight excluding hydrogens is 340 g/mol. The highest BCUT2D eigenvalue weighted by molar-refractivity contribution is 5.77. The average Bonchev–Trinajstić information content (AvgIpc) is 3.33. The van der Waals surface area contributed by atoms with Crippen molar-refractivity contribution in [3.63, 3.8) is 0 Å². The van der Waals surface area contributed by atoms with Gasteiger partial charge in [0.1, 0.15) is 28.6 Å². The molecule has 0 spiro atoms. The molecule has 1 atom stereocenters. The lowest BCUT2D eigenvalue weighted by Crippen LogP contribution is -2.27. The molecular formula is C20H18N6O. The summed E-state index contributed by atoms with van der Waals surface area (Å²) >= 11 is 0. The second kappa shape index (κ2) is 6.65. The van der Waals surface area contributed by atoms with Crippen LogP contribution in [-0.4, -0.2) is 27.8 Å². The van der Waals surface area contributed by atoms with Crippen molar-refractivity contribution in [1.29, 1.82) is 5.26 Å². The van der Waals surface area contributed by atoms with Gasteiger partial charge in [0.2, 0.25) is 5.95 Å². The number of nitriles is 1. The summed E-state index contributed by atoms with van der Waals surface area (Å²) in [5.41, 5.74) is 8.32. The van der Waals surface area contributed by atoms with Crippen molar-refractivity contribution in [2.75, 3.05) is 12.3 Å². The van der Waals surface area contributed by atoms with Crippen molar-refractivity contribution in [2.45, 2.75) is 25.3 Å². The molecule has 2 aliphatic rings. The number of pyridine rings is 1. The van der Waals surface area contributed by atoms with Gasteiger partial charge in [0, 0.05) is 30.9 Å². The Morgan fingerprint density at radius 2 is 2.26 bits per heavy atom. The molecule has 134 valence electrons. The second-order valence-electron chi connectivity index (χ2n) is 6.53. The number of hydrogen-bond donors (Lipinski definition) is 1. The van der Waals surface area contributed by atoms with E-state index in [1.807, 2.05) is 37.3 Å². The molecule has 27 heavy (non-hydrogen) atoms. The fraction of sp³-hybridized carbons (Fsp3) is 0.250. The minimum absolute atomic E-state index is 0.0856. The van der Waals surface area contributed by atoms with E-state index >= 15 is 0 Å². The number of nitrogen functional groups attached to an aromatic ring is 1. The maximum Gasteiger partial charge on any atom is 0.221 e. The van der Waals surface area contributed by atoms with Crippen LogP contribution in [0.25, 0.3) is 5.76 Å². The van der Waals surface area contributed by atoms with E-state index in [0.717, 1.165) is 17.7 Å². The van der Waals surface area contributed by atoms with Crippen LogP contribution >= 0.6 is 0 Å². The second-order valence-corrected chi connectivity index (χ2v) is 6.53. The van der Waals surface area contributed by atoms with Crippen LogP contribution in [0.2, 0.25) is 0 Å². The Hall–Kier alpha value is -3.53. The quantitative estimate of drug-likeness (QED) is 0.899. The fourth-order valence-electron chi connectivity index (χ4n) is 3.38. The highest BCUT2D eigenvalue weighted by Crippen LogP contribution is 2.37. The number of nitrogens with two attached hydrogens (primary N) is 1. The van der Waals surface area contributed by atoms with Crippen molar-refractivity contribution < 1.29 is 4.74 Å². The molecule has 0 fully saturated rings. The van der Waals surface area contributed by atoms with Gasteiger partial charge >= 0.3 is 0 Å². The smallest absolute Gasteiger partial charge is 0.221 e. The van der Waals surface area contributed by atoms with Gasteiger partial charge in [-0.15, -0.1) is 0 Å². The predicted octanol–water partition coefficient (Wildman–Crippen LogP) is 2.47. The number of hydrogen-bond acceptors (Lipinski definition) is 7. The summed E-state index contributed by atoms with van der Waals surface area (Å²) in [5, 5.41) is 9.89. The lowest BCUT2D eigenvalue weighted by Gasteiger charge is -2.25. The zero-order chi connectivity index (χ0) is 18.9. The molecule has 0 saturated carbocycles. The van der Waals surface area contributed by atoms with Crippen molar-refractivity contribution in [1.82, 2.24) is 15.0 Å². The summed E-state index contributed by atoms with van der Waals surface area (Å²) in [5.74, 6) is 0.652. The molecule has 7 heteroatoms. The van der Waals surface area contributed by atoms with Gasteiger partial charge in [-0.05, 0) is 42.8 Å². The van der Waals surface area contributed by atoms with E-state index in [1.54, 1.807) is 12.4 Å². The topological polar surface area (TPSA) is 110 Å². The van der Waals surface area contributed by atoms with Gasteiger partial charge in [0.05, 0.1) is 12.3 Å². The maximum atomic E-state index is 9.89. The lowest BCUT2D eigenvalue weighted by molar-refractivity contribution is 0.306. The highest BCUT2D eigenvalue weighted by atomic mass is 16.5. The molecule has 0 bridgehead atoms. The SMILES string of the molecule is Cc1ccnc(CC2(c3nc(N)nc(C4=CCCO4)c3C#N)C=CC=N2)c1. The Balaban J connectivity index is 1.88. The molecule has 2 aromatic heterocycles. The molecule has 0 aromatic carbocycles. The molecule has 0 amide bonds. The first-order valence-electron chi connectivity index (χ1n) is 8.67. The zero-order valence-electron chi connectivity index (χ0n) is 14.9. The lowest BCUT2D eigenvalue weighted by atomic mass is 9.86. The van der Waals surface area contributed by atoms with Crippen LogP contribution in [0.1, 0.15) is 34.6 Å². The predicted molar refractivity (Wildman–Crippen MR) is 102 cm³/mol. The number of ether oxygens (including phenoxy) is 1. The van der Waals surface area contributed by atoms with Crippen molar-refractivity contribution in [2.24, 2.45) is 4.99 Å². The largest absolute Gasteiger partial charge is 0.491 e. The Bertz CT molecular complexity index is 1020. The average molecular weight is 358 g/mol. The van der Waals surface area contributed by atoms with E-state index in [4.69, 9.17) is 10.5 Å². The molecule has 1 unspecified atom stereocenters. The third-order valence-corrected chi connectivity index (χ3v) is 4.57. The van der Waals surface area contributed by atoms with Crippen molar-refractivity contribution in [3.05, 3.63) is 64.8 Å². The van der Waals surface area contributed by atoms with Crippen LogP contribution in [-0.2, 0) is 16.7 Å². The fourth-order valence-corrected chi connectivity index (χ4v) is 3.38. The molecule has 2 aliphatic heterocycles. The molecule has 7 nitrogen and oxygen atoms in total. The molecule has 2 N–H and O–H groups in total. The number of allylic oxidation sites excluding steroid dienone is 1. The van der Waals surface area contributed by atoms with Crippen LogP contribution in [0.4, 0.5) is 5.95 Å². The van der Waals surface area contributed by atoms with Crippen LogP contribution in [0, 0.1) is 18.3 Å².